The summed E-state index contributed by atoms with van der Waals surface area (Å²) >= 11 is 3.20. The molecule has 7 heteroatoms. The van der Waals surface area contributed by atoms with Crippen LogP contribution in [0.25, 0.3) is 11.4 Å². The summed E-state index contributed by atoms with van der Waals surface area (Å²) < 4.78 is 42.5. The minimum atomic E-state index is -4.69. The van der Waals surface area contributed by atoms with Gasteiger partial charge in [-0.3, -0.25) is 0 Å². The standard InChI is InChI=1S/C11H8BrF3N2O/c1-17-6-9(12)16-10(17)7-3-2-4-8(5-7)18-11(13,14)15/h2-6H,1H3. The molecule has 0 aliphatic rings. The predicted molar refractivity (Wildman–Crippen MR) is 63.0 cm³/mol. The van der Waals surface area contributed by atoms with Crippen LogP contribution in [-0.2, 0) is 7.05 Å². The van der Waals surface area contributed by atoms with Crippen LogP contribution in [0.3, 0.4) is 0 Å². The van der Waals surface area contributed by atoms with Gasteiger partial charge >= 0.3 is 6.36 Å². The molecule has 0 saturated carbocycles. The van der Waals surface area contributed by atoms with Gasteiger partial charge in [0.2, 0.25) is 0 Å². The van der Waals surface area contributed by atoms with Gasteiger partial charge < -0.3 is 9.30 Å². The van der Waals surface area contributed by atoms with E-state index >= 15 is 0 Å². The lowest BCUT2D eigenvalue weighted by Crippen LogP contribution is -2.17. The second kappa shape index (κ2) is 4.64. The molecule has 96 valence electrons. The molecule has 0 aliphatic heterocycles. The summed E-state index contributed by atoms with van der Waals surface area (Å²) in [5.41, 5.74) is 0.546. The zero-order chi connectivity index (χ0) is 13.3. The lowest BCUT2D eigenvalue weighted by Gasteiger charge is -2.09. The predicted octanol–water partition coefficient (Wildman–Crippen LogP) is 3.75. The van der Waals surface area contributed by atoms with Gasteiger partial charge in [0.05, 0.1) is 0 Å². The van der Waals surface area contributed by atoms with Crippen LogP contribution in [0.2, 0.25) is 0 Å². The fraction of sp³-hybridized carbons (Fsp3) is 0.182. The van der Waals surface area contributed by atoms with E-state index in [-0.39, 0.29) is 5.75 Å². The van der Waals surface area contributed by atoms with Crippen molar-refractivity contribution in [3.05, 3.63) is 35.1 Å². The molecule has 1 aromatic carbocycles. The summed E-state index contributed by atoms with van der Waals surface area (Å²) in [6, 6.07) is 5.69. The van der Waals surface area contributed by atoms with Crippen LogP contribution in [0, 0.1) is 0 Å². The minimum absolute atomic E-state index is 0.265. The van der Waals surface area contributed by atoms with E-state index in [1.54, 1.807) is 23.9 Å². The van der Waals surface area contributed by atoms with Crippen molar-refractivity contribution in [1.82, 2.24) is 9.55 Å². The lowest BCUT2D eigenvalue weighted by atomic mass is 10.2. The Kier molecular flexibility index (Phi) is 3.34. The Morgan fingerprint density at radius 1 is 1.33 bits per heavy atom. The summed E-state index contributed by atoms with van der Waals surface area (Å²) in [7, 11) is 1.75. The van der Waals surface area contributed by atoms with Crippen molar-refractivity contribution < 1.29 is 17.9 Å². The molecule has 2 rings (SSSR count). The zero-order valence-electron chi connectivity index (χ0n) is 9.20. The molecule has 0 N–H and O–H groups in total. The second-order valence-corrected chi connectivity index (χ2v) is 4.39. The van der Waals surface area contributed by atoms with Crippen molar-refractivity contribution in [2.75, 3.05) is 0 Å². The molecule has 0 unspecified atom stereocenters. The van der Waals surface area contributed by atoms with Gasteiger partial charge in [-0.25, -0.2) is 4.98 Å². The van der Waals surface area contributed by atoms with Crippen LogP contribution in [0.5, 0.6) is 5.75 Å². The molecule has 18 heavy (non-hydrogen) atoms. The first-order chi connectivity index (χ1) is 8.35. The number of aryl methyl sites for hydroxylation is 1. The van der Waals surface area contributed by atoms with Gasteiger partial charge in [0.15, 0.2) is 0 Å². The molecule has 1 heterocycles. The zero-order valence-corrected chi connectivity index (χ0v) is 10.8. The highest BCUT2D eigenvalue weighted by Crippen LogP contribution is 2.28. The van der Waals surface area contributed by atoms with Crippen LogP contribution >= 0.6 is 15.9 Å². The van der Waals surface area contributed by atoms with Crippen LogP contribution in [0.15, 0.2) is 35.1 Å². The molecule has 0 spiro atoms. The van der Waals surface area contributed by atoms with E-state index in [1.165, 1.54) is 18.2 Å². The van der Waals surface area contributed by atoms with E-state index in [9.17, 15) is 13.2 Å². The number of imidazole rings is 1. The van der Waals surface area contributed by atoms with E-state index < -0.39 is 6.36 Å². The Balaban J connectivity index is 2.36. The average Bonchev–Trinajstić information content (AvgIpc) is 2.55. The lowest BCUT2D eigenvalue weighted by molar-refractivity contribution is -0.274. The highest BCUT2D eigenvalue weighted by atomic mass is 79.9. The van der Waals surface area contributed by atoms with Gasteiger partial charge in [-0.05, 0) is 28.1 Å². The third-order valence-electron chi connectivity index (χ3n) is 2.17. The Morgan fingerprint density at radius 3 is 2.61 bits per heavy atom. The highest BCUT2D eigenvalue weighted by molar-refractivity contribution is 9.10. The van der Waals surface area contributed by atoms with E-state index in [1.807, 2.05) is 0 Å². The number of ether oxygens (including phenoxy) is 1. The summed E-state index contributed by atoms with van der Waals surface area (Å²) in [5, 5.41) is 0. The molecule has 3 nitrogen and oxygen atoms in total. The number of alkyl halides is 3. The summed E-state index contributed by atoms with van der Waals surface area (Å²) in [6.45, 7) is 0. The van der Waals surface area contributed by atoms with Gasteiger partial charge in [-0.15, -0.1) is 13.2 Å². The molecule has 0 atom stereocenters. The molecular weight excluding hydrogens is 313 g/mol. The first kappa shape index (κ1) is 12.9. The largest absolute Gasteiger partial charge is 0.573 e. The van der Waals surface area contributed by atoms with Crippen LogP contribution in [0.4, 0.5) is 13.2 Å². The summed E-state index contributed by atoms with van der Waals surface area (Å²) in [5.74, 6) is 0.286. The number of hydrogen-bond donors (Lipinski definition) is 0. The van der Waals surface area contributed by atoms with Gasteiger partial charge in [-0.1, -0.05) is 12.1 Å². The molecular formula is C11H8BrF3N2O. The van der Waals surface area contributed by atoms with Crippen LogP contribution in [0.1, 0.15) is 0 Å². The maximum atomic E-state index is 12.1. The molecule has 0 radical (unpaired) electrons. The van der Waals surface area contributed by atoms with E-state index in [2.05, 4.69) is 25.7 Å². The number of rotatable bonds is 2. The smallest absolute Gasteiger partial charge is 0.406 e. The third-order valence-corrected chi connectivity index (χ3v) is 2.55. The number of nitrogens with zero attached hydrogens (tertiary/aromatic N) is 2. The van der Waals surface area contributed by atoms with Gasteiger partial charge in [-0.2, -0.15) is 0 Å². The summed E-state index contributed by atoms with van der Waals surface area (Å²) in [4.78, 5) is 4.16. The van der Waals surface area contributed by atoms with Gasteiger partial charge in [0.25, 0.3) is 0 Å². The first-order valence-corrected chi connectivity index (χ1v) is 5.69. The van der Waals surface area contributed by atoms with E-state index in [4.69, 9.17) is 0 Å². The van der Waals surface area contributed by atoms with Crippen LogP contribution in [-0.4, -0.2) is 15.9 Å². The summed E-state index contributed by atoms with van der Waals surface area (Å²) in [6.07, 6.45) is -2.98. The maximum Gasteiger partial charge on any atom is 0.573 e. The molecule has 0 saturated heterocycles. The van der Waals surface area contributed by atoms with Crippen LogP contribution < -0.4 is 4.74 Å². The topological polar surface area (TPSA) is 27.1 Å². The molecule has 0 aliphatic carbocycles. The van der Waals surface area contributed by atoms with Crippen molar-refractivity contribution in [3.63, 3.8) is 0 Å². The third kappa shape index (κ3) is 3.04. The quantitative estimate of drug-likeness (QED) is 0.842. The van der Waals surface area contributed by atoms with E-state index in [0.29, 0.717) is 16.0 Å². The average molecular weight is 321 g/mol. The fourth-order valence-corrected chi connectivity index (χ4v) is 2.01. The molecule has 0 bridgehead atoms. The maximum absolute atomic E-state index is 12.1. The van der Waals surface area contributed by atoms with Crippen molar-refractivity contribution >= 4 is 15.9 Å². The van der Waals surface area contributed by atoms with Crippen molar-refractivity contribution in [2.24, 2.45) is 7.05 Å². The van der Waals surface area contributed by atoms with Gasteiger partial charge in [0, 0.05) is 18.8 Å². The highest BCUT2D eigenvalue weighted by Gasteiger charge is 2.31. The van der Waals surface area contributed by atoms with Crippen molar-refractivity contribution in [2.45, 2.75) is 6.36 Å². The molecule has 1 aromatic heterocycles. The number of halogens is 4. The van der Waals surface area contributed by atoms with E-state index in [0.717, 1.165) is 0 Å². The SMILES string of the molecule is Cn1cc(Br)nc1-c1cccc(OC(F)(F)F)c1. The minimum Gasteiger partial charge on any atom is -0.406 e. The number of hydrogen-bond acceptors (Lipinski definition) is 2. The Hall–Kier alpha value is -1.50. The number of aromatic nitrogens is 2. The first-order valence-electron chi connectivity index (χ1n) is 4.90. The van der Waals surface area contributed by atoms with Crippen molar-refractivity contribution in [1.29, 1.82) is 0 Å². The fourth-order valence-electron chi connectivity index (χ4n) is 1.53. The normalized spacial score (nSPS) is 11.6. The Labute approximate surface area is 109 Å². The second-order valence-electron chi connectivity index (χ2n) is 3.57. The monoisotopic (exact) mass is 320 g/mol. The molecule has 0 amide bonds. The number of benzene rings is 1. The Morgan fingerprint density at radius 2 is 2.06 bits per heavy atom. The Bertz CT molecular complexity index is 566. The van der Waals surface area contributed by atoms with Gasteiger partial charge in [0.1, 0.15) is 16.2 Å². The molecule has 2 aromatic rings. The van der Waals surface area contributed by atoms with Crippen molar-refractivity contribution in [3.8, 4) is 17.1 Å². The molecule has 0 fully saturated rings.